The zero-order valence-corrected chi connectivity index (χ0v) is 23.3. The monoisotopic (exact) mass is 586 g/mol. The van der Waals surface area contributed by atoms with Crippen molar-refractivity contribution in [2.24, 2.45) is 0 Å². The summed E-state index contributed by atoms with van der Waals surface area (Å²) in [5, 5.41) is 19.9. The van der Waals surface area contributed by atoms with Crippen molar-refractivity contribution in [1.82, 2.24) is 0 Å². The lowest BCUT2D eigenvalue weighted by molar-refractivity contribution is 0.0464. The Morgan fingerprint density at radius 3 is 1.39 bits per heavy atom. The van der Waals surface area contributed by atoms with E-state index in [0.29, 0.717) is 22.3 Å². The van der Waals surface area contributed by atoms with Crippen LogP contribution in [0.15, 0.2) is 121 Å². The second-order valence-corrected chi connectivity index (χ2v) is 9.80. The Balaban J connectivity index is 1.45. The molecular weight excluding hydrogens is 560 g/mol. The van der Waals surface area contributed by atoms with Gasteiger partial charge in [-0.15, -0.1) is 0 Å². The van der Waals surface area contributed by atoms with Crippen molar-refractivity contribution in [1.29, 1.82) is 0 Å². The molecule has 44 heavy (non-hydrogen) atoms. The predicted octanol–water partition coefficient (Wildman–Crippen LogP) is 7.13. The fourth-order valence-electron chi connectivity index (χ4n) is 4.72. The van der Waals surface area contributed by atoms with E-state index in [-0.39, 0.29) is 29.9 Å². The summed E-state index contributed by atoms with van der Waals surface area (Å²) in [5.41, 5.74) is 2.94. The first-order valence-electron chi connectivity index (χ1n) is 13.6. The lowest BCUT2D eigenvalue weighted by Crippen LogP contribution is -2.11. The van der Waals surface area contributed by atoms with Gasteiger partial charge in [0.1, 0.15) is 13.2 Å². The van der Waals surface area contributed by atoms with Crippen LogP contribution in [0.2, 0.25) is 0 Å². The second kappa shape index (κ2) is 13.3. The van der Waals surface area contributed by atoms with Crippen molar-refractivity contribution in [2.75, 3.05) is 0 Å². The van der Waals surface area contributed by atoms with Gasteiger partial charge in [-0.1, -0.05) is 91.0 Å². The summed E-state index contributed by atoms with van der Waals surface area (Å²) in [4.78, 5) is 49.7. The number of esters is 2. The average molecular weight is 587 g/mol. The Hall–Kier alpha value is -6.02. The predicted molar refractivity (Wildman–Crippen MR) is 162 cm³/mol. The van der Waals surface area contributed by atoms with Crippen LogP contribution < -0.4 is 0 Å². The minimum atomic E-state index is -1.42. The molecule has 5 rings (SSSR count). The third-order valence-electron chi connectivity index (χ3n) is 6.92. The second-order valence-electron chi connectivity index (χ2n) is 9.80. The first-order chi connectivity index (χ1) is 21.3. The topological polar surface area (TPSA) is 127 Å². The molecule has 8 heteroatoms. The number of benzene rings is 5. The highest BCUT2D eigenvalue weighted by atomic mass is 16.5. The van der Waals surface area contributed by atoms with Gasteiger partial charge in [-0.2, -0.15) is 0 Å². The van der Waals surface area contributed by atoms with E-state index in [2.05, 4.69) is 0 Å². The number of ether oxygens (including phenoxy) is 2. The van der Waals surface area contributed by atoms with Crippen molar-refractivity contribution in [2.45, 2.75) is 13.2 Å². The number of hydrogen-bond acceptors (Lipinski definition) is 6. The Labute approximate surface area is 252 Å². The maximum atomic E-state index is 12.7. The molecule has 0 radical (unpaired) electrons. The maximum absolute atomic E-state index is 12.7. The fraction of sp³-hybridized carbons (Fsp3) is 0.0556. The molecule has 0 saturated heterocycles. The minimum absolute atomic E-state index is 0.0885. The molecule has 218 valence electrons. The van der Waals surface area contributed by atoms with Crippen LogP contribution in [-0.2, 0) is 22.7 Å². The van der Waals surface area contributed by atoms with E-state index in [1.165, 1.54) is 24.3 Å². The van der Waals surface area contributed by atoms with Gasteiger partial charge in [-0.3, -0.25) is 0 Å². The lowest BCUT2D eigenvalue weighted by atomic mass is 9.87. The number of carbonyl (C=O) groups is 4. The highest BCUT2D eigenvalue weighted by Crippen LogP contribution is 2.37. The zero-order valence-electron chi connectivity index (χ0n) is 23.3. The smallest absolute Gasteiger partial charge is 0.338 e. The molecule has 2 N–H and O–H groups in total. The van der Waals surface area contributed by atoms with Crippen LogP contribution in [0.4, 0.5) is 0 Å². The van der Waals surface area contributed by atoms with E-state index in [1.54, 1.807) is 36.4 Å². The van der Waals surface area contributed by atoms with Gasteiger partial charge in [0.2, 0.25) is 0 Å². The average Bonchev–Trinajstić information content (AvgIpc) is 3.06. The molecule has 0 saturated carbocycles. The van der Waals surface area contributed by atoms with Crippen molar-refractivity contribution in [3.05, 3.63) is 155 Å². The number of hydrogen-bond donors (Lipinski definition) is 2. The zero-order chi connectivity index (χ0) is 31.1. The molecule has 0 aliphatic rings. The number of rotatable bonds is 10. The number of aromatic carboxylic acids is 2. The van der Waals surface area contributed by atoms with Gasteiger partial charge in [-0.05, 0) is 58.1 Å². The summed E-state index contributed by atoms with van der Waals surface area (Å²) in [6.45, 7) is 0.200. The number of carboxylic acids is 2. The summed E-state index contributed by atoms with van der Waals surface area (Å²) >= 11 is 0. The molecule has 5 aromatic rings. The van der Waals surface area contributed by atoms with Crippen LogP contribution in [0.3, 0.4) is 0 Å². The maximum Gasteiger partial charge on any atom is 0.338 e. The third kappa shape index (κ3) is 6.71. The molecule has 0 aliphatic carbocycles. The molecule has 0 spiro atoms. The van der Waals surface area contributed by atoms with Gasteiger partial charge in [-0.25, -0.2) is 19.2 Å². The third-order valence-corrected chi connectivity index (χ3v) is 6.92. The molecule has 0 aromatic heterocycles. The molecule has 0 atom stereocenters. The van der Waals surface area contributed by atoms with Gasteiger partial charge in [0.05, 0.1) is 22.3 Å². The van der Waals surface area contributed by atoms with Crippen molar-refractivity contribution in [3.63, 3.8) is 0 Å². The lowest BCUT2D eigenvalue weighted by Gasteiger charge is -2.16. The quantitative estimate of drug-likeness (QED) is 0.166. The van der Waals surface area contributed by atoms with E-state index in [0.717, 1.165) is 11.1 Å². The molecule has 0 aliphatic heterocycles. The number of carboxylic acid groups (broad SMARTS) is 2. The standard InChI is InChI=1S/C36H26O8/c37-33(38)30-20-19-29(25-11-15-27(16-12-25)35(41)43-21-23-7-3-1-4-8-23)31(32(30)34(39)40)26-13-17-28(18-14-26)36(42)44-22-24-9-5-2-6-10-24/h1-20H,21-22H2,(H,37,38)(H,39,40). The van der Waals surface area contributed by atoms with E-state index < -0.39 is 29.4 Å². The van der Waals surface area contributed by atoms with Gasteiger partial charge in [0, 0.05) is 5.56 Å². The van der Waals surface area contributed by atoms with Crippen molar-refractivity contribution >= 4 is 23.9 Å². The Morgan fingerprint density at radius 2 is 0.955 bits per heavy atom. The van der Waals surface area contributed by atoms with Gasteiger partial charge < -0.3 is 19.7 Å². The Bertz CT molecular complexity index is 1810. The highest BCUT2D eigenvalue weighted by Gasteiger charge is 2.25. The molecule has 0 fully saturated rings. The molecule has 0 unspecified atom stereocenters. The normalized spacial score (nSPS) is 10.5. The van der Waals surface area contributed by atoms with Crippen molar-refractivity contribution in [3.8, 4) is 22.3 Å². The Kier molecular flexibility index (Phi) is 8.91. The summed E-state index contributed by atoms with van der Waals surface area (Å²) in [6.07, 6.45) is 0. The van der Waals surface area contributed by atoms with Crippen molar-refractivity contribution < 1.29 is 38.9 Å². The molecule has 0 bridgehead atoms. The van der Waals surface area contributed by atoms with E-state index in [1.807, 2.05) is 60.7 Å². The largest absolute Gasteiger partial charge is 0.478 e. The fourth-order valence-corrected chi connectivity index (χ4v) is 4.72. The minimum Gasteiger partial charge on any atom is -0.478 e. The summed E-state index contributed by atoms with van der Waals surface area (Å²) in [5.74, 6) is -3.91. The van der Waals surface area contributed by atoms with Crippen LogP contribution in [0.5, 0.6) is 0 Å². The highest BCUT2D eigenvalue weighted by molar-refractivity contribution is 6.10. The summed E-state index contributed by atoms with van der Waals surface area (Å²) < 4.78 is 10.8. The molecule has 0 amide bonds. The van der Waals surface area contributed by atoms with Crippen LogP contribution in [-0.4, -0.2) is 34.1 Å². The first-order valence-corrected chi connectivity index (χ1v) is 13.6. The van der Waals surface area contributed by atoms with Crippen LogP contribution in [0.1, 0.15) is 52.6 Å². The van der Waals surface area contributed by atoms with Gasteiger partial charge >= 0.3 is 23.9 Å². The first kappa shape index (κ1) is 29.5. The number of carbonyl (C=O) groups excluding carboxylic acids is 2. The Morgan fingerprint density at radius 1 is 0.500 bits per heavy atom. The van der Waals surface area contributed by atoms with Gasteiger partial charge in [0.15, 0.2) is 0 Å². The molecule has 5 aromatic carbocycles. The summed E-state index contributed by atoms with van der Waals surface area (Å²) in [7, 11) is 0. The molecular formula is C36H26O8. The molecule has 0 heterocycles. The van der Waals surface area contributed by atoms with E-state index in [4.69, 9.17) is 9.47 Å². The van der Waals surface area contributed by atoms with Crippen LogP contribution in [0, 0.1) is 0 Å². The van der Waals surface area contributed by atoms with Crippen LogP contribution >= 0.6 is 0 Å². The SMILES string of the molecule is O=C(OCc1ccccc1)c1ccc(-c2ccc(C(=O)O)c(C(=O)O)c2-c2ccc(C(=O)OCc3ccccc3)cc2)cc1. The summed E-state index contributed by atoms with van der Waals surface area (Å²) in [6, 6.07) is 33.7. The van der Waals surface area contributed by atoms with Gasteiger partial charge in [0.25, 0.3) is 0 Å². The van der Waals surface area contributed by atoms with E-state index >= 15 is 0 Å². The van der Waals surface area contributed by atoms with E-state index in [9.17, 15) is 29.4 Å². The molecule has 8 nitrogen and oxygen atoms in total. The van der Waals surface area contributed by atoms with Crippen LogP contribution in [0.25, 0.3) is 22.3 Å².